The Kier molecular flexibility index (Phi) is 4.88. The molecule has 6 heteroatoms. The second-order valence-electron chi connectivity index (χ2n) is 6.51. The van der Waals surface area contributed by atoms with Crippen LogP contribution in [0.25, 0.3) is 0 Å². The van der Waals surface area contributed by atoms with Gasteiger partial charge in [0.2, 0.25) is 0 Å². The number of amides is 1. The molecule has 1 fully saturated rings. The molecule has 0 saturated carbocycles. The Balaban J connectivity index is 1.88. The molecule has 4 N–H and O–H groups in total. The highest BCUT2D eigenvalue weighted by molar-refractivity contribution is 5.97. The molecule has 1 aliphatic heterocycles. The van der Waals surface area contributed by atoms with Crippen molar-refractivity contribution in [3.63, 3.8) is 0 Å². The van der Waals surface area contributed by atoms with Crippen LogP contribution in [-0.4, -0.2) is 46.7 Å². The molecule has 2 rings (SSSR count). The number of nitrogen functional groups attached to an aromatic ring is 1. The van der Waals surface area contributed by atoms with Crippen LogP contribution in [0.3, 0.4) is 0 Å². The van der Waals surface area contributed by atoms with Gasteiger partial charge in [0.05, 0.1) is 11.4 Å². The third kappa shape index (κ3) is 3.56. The van der Waals surface area contributed by atoms with E-state index < -0.39 is 0 Å². The quantitative estimate of drug-likeness (QED) is 0.769. The maximum atomic E-state index is 12.2. The third-order valence-electron chi connectivity index (χ3n) is 4.22. The molecule has 0 bridgehead atoms. The minimum absolute atomic E-state index is 0.182. The molecule has 1 aromatic heterocycles. The summed E-state index contributed by atoms with van der Waals surface area (Å²) in [6.07, 6.45) is 1.13. The first-order valence-corrected chi connectivity index (χ1v) is 7.76. The Morgan fingerprint density at radius 3 is 2.71 bits per heavy atom. The van der Waals surface area contributed by atoms with Crippen molar-refractivity contribution in [1.82, 2.24) is 20.4 Å². The number of anilines is 1. The Bertz CT molecular complexity index is 494. The molecule has 0 aromatic carbocycles. The van der Waals surface area contributed by atoms with Gasteiger partial charge in [-0.2, -0.15) is 5.10 Å². The summed E-state index contributed by atoms with van der Waals surface area (Å²) < 4.78 is 0. The number of hydrogen-bond donors (Lipinski definition) is 3. The van der Waals surface area contributed by atoms with E-state index in [1.165, 1.54) is 0 Å². The number of H-pyrrole nitrogens is 1. The summed E-state index contributed by atoms with van der Waals surface area (Å²) in [5.74, 6) is 0.563. The fourth-order valence-electron chi connectivity index (χ4n) is 2.80. The van der Waals surface area contributed by atoms with Crippen LogP contribution in [0, 0.1) is 5.92 Å². The summed E-state index contributed by atoms with van der Waals surface area (Å²) >= 11 is 0. The van der Waals surface area contributed by atoms with E-state index in [2.05, 4.69) is 34.3 Å². The average Bonchev–Trinajstić information content (AvgIpc) is 3.02. The molecule has 2 heterocycles. The van der Waals surface area contributed by atoms with Gasteiger partial charge >= 0.3 is 0 Å². The van der Waals surface area contributed by atoms with Gasteiger partial charge in [-0.05, 0) is 38.6 Å². The standard InChI is InChI=1S/C15H27N5O/c1-9(2)13-12(16)14(19-18-13)15(21)17-7-11-5-6-20(8-11)10(3)4/h9-11H,5-8,16H2,1-4H3,(H,17,21)(H,18,19). The first-order chi connectivity index (χ1) is 9.90. The molecule has 118 valence electrons. The lowest BCUT2D eigenvalue weighted by Crippen LogP contribution is -2.33. The van der Waals surface area contributed by atoms with E-state index in [-0.39, 0.29) is 11.8 Å². The van der Waals surface area contributed by atoms with Crippen molar-refractivity contribution in [1.29, 1.82) is 0 Å². The number of nitrogens with zero attached hydrogens (tertiary/aromatic N) is 2. The fourth-order valence-corrected chi connectivity index (χ4v) is 2.80. The van der Waals surface area contributed by atoms with E-state index in [0.717, 1.165) is 25.2 Å². The zero-order chi connectivity index (χ0) is 15.6. The monoisotopic (exact) mass is 293 g/mol. The Morgan fingerprint density at radius 2 is 2.19 bits per heavy atom. The summed E-state index contributed by atoms with van der Waals surface area (Å²) in [7, 11) is 0. The molecule has 1 aromatic rings. The van der Waals surface area contributed by atoms with Gasteiger partial charge in [-0.3, -0.25) is 9.89 Å². The zero-order valence-corrected chi connectivity index (χ0v) is 13.4. The van der Waals surface area contributed by atoms with Crippen LogP contribution in [0.1, 0.15) is 56.2 Å². The predicted octanol–water partition coefficient (Wildman–Crippen LogP) is 1.58. The largest absolute Gasteiger partial charge is 0.395 e. The predicted molar refractivity (Wildman–Crippen MR) is 84.2 cm³/mol. The molecule has 0 aliphatic carbocycles. The van der Waals surface area contributed by atoms with Crippen molar-refractivity contribution >= 4 is 11.6 Å². The smallest absolute Gasteiger partial charge is 0.273 e. The van der Waals surface area contributed by atoms with Gasteiger partial charge in [0.1, 0.15) is 0 Å². The minimum Gasteiger partial charge on any atom is -0.395 e. The Morgan fingerprint density at radius 1 is 1.48 bits per heavy atom. The molecular weight excluding hydrogens is 266 g/mol. The summed E-state index contributed by atoms with van der Waals surface area (Å²) in [4.78, 5) is 14.6. The molecule has 0 spiro atoms. The topological polar surface area (TPSA) is 87.0 Å². The van der Waals surface area contributed by atoms with Crippen LogP contribution in [0.5, 0.6) is 0 Å². The normalized spacial score (nSPS) is 19.6. The number of nitrogens with two attached hydrogens (primary N) is 1. The number of aromatic nitrogens is 2. The minimum atomic E-state index is -0.182. The summed E-state index contributed by atoms with van der Waals surface area (Å²) in [6, 6.07) is 0.571. The lowest BCUT2D eigenvalue weighted by atomic mass is 10.1. The van der Waals surface area contributed by atoms with Crippen LogP contribution in [0.15, 0.2) is 0 Å². The first-order valence-electron chi connectivity index (χ1n) is 7.76. The summed E-state index contributed by atoms with van der Waals surface area (Å²) in [5.41, 5.74) is 7.60. The zero-order valence-electron chi connectivity index (χ0n) is 13.4. The third-order valence-corrected chi connectivity index (χ3v) is 4.22. The van der Waals surface area contributed by atoms with Gasteiger partial charge in [-0.15, -0.1) is 0 Å². The van der Waals surface area contributed by atoms with E-state index in [1.807, 2.05) is 13.8 Å². The van der Waals surface area contributed by atoms with E-state index in [9.17, 15) is 4.79 Å². The molecule has 21 heavy (non-hydrogen) atoms. The second kappa shape index (κ2) is 6.47. The van der Waals surface area contributed by atoms with Crippen LogP contribution in [0.2, 0.25) is 0 Å². The highest BCUT2D eigenvalue weighted by atomic mass is 16.1. The van der Waals surface area contributed by atoms with Crippen LogP contribution in [0.4, 0.5) is 5.69 Å². The number of nitrogens with one attached hydrogen (secondary N) is 2. The number of hydrogen-bond acceptors (Lipinski definition) is 4. The van der Waals surface area contributed by atoms with E-state index >= 15 is 0 Å². The van der Waals surface area contributed by atoms with Crippen molar-refractivity contribution in [2.45, 2.75) is 46.1 Å². The Labute approximate surface area is 126 Å². The van der Waals surface area contributed by atoms with Crippen molar-refractivity contribution in [3.05, 3.63) is 11.4 Å². The molecule has 1 amide bonds. The maximum Gasteiger partial charge on any atom is 0.273 e. The summed E-state index contributed by atoms with van der Waals surface area (Å²) in [6.45, 7) is 11.3. The second-order valence-corrected chi connectivity index (χ2v) is 6.51. The molecule has 1 aliphatic rings. The lowest BCUT2D eigenvalue weighted by Gasteiger charge is -2.20. The van der Waals surface area contributed by atoms with Crippen molar-refractivity contribution < 1.29 is 4.79 Å². The van der Waals surface area contributed by atoms with Crippen LogP contribution < -0.4 is 11.1 Å². The molecule has 6 nitrogen and oxygen atoms in total. The van der Waals surface area contributed by atoms with Crippen molar-refractivity contribution in [2.24, 2.45) is 5.92 Å². The van der Waals surface area contributed by atoms with Gasteiger partial charge in [0, 0.05) is 19.1 Å². The lowest BCUT2D eigenvalue weighted by molar-refractivity contribution is 0.0943. The summed E-state index contributed by atoms with van der Waals surface area (Å²) in [5, 5.41) is 9.88. The van der Waals surface area contributed by atoms with E-state index in [1.54, 1.807) is 0 Å². The van der Waals surface area contributed by atoms with Gasteiger partial charge in [0.25, 0.3) is 5.91 Å². The van der Waals surface area contributed by atoms with Crippen LogP contribution in [-0.2, 0) is 0 Å². The van der Waals surface area contributed by atoms with Gasteiger partial charge in [0.15, 0.2) is 5.69 Å². The molecular formula is C15H27N5O. The SMILES string of the molecule is CC(C)c1[nH]nc(C(=O)NCC2CCN(C(C)C)C2)c1N. The maximum absolute atomic E-state index is 12.2. The number of carbonyl (C=O) groups is 1. The Hall–Kier alpha value is -1.56. The first kappa shape index (κ1) is 15.8. The highest BCUT2D eigenvalue weighted by Crippen LogP contribution is 2.22. The van der Waals surface area contributed by atoms with Crippen LogP contribution >= 0.6 is 0 Å². The molecule has 1 unspecified atom stereocenters. The fraction of sp³-hybridized carbons (Fsp3) is 0.733. The van der Waals surface area contributed by atoms with Gasteiger partial charge < -0.3 is 16.0 Å². The van der Waals surface area contributed by atoms with Crippen molar-refractivity contribution in [2.75, 3.05) is 25.4 Å². The van der Waals surface area contributed by atoms with Gasteiger partial charge in [-0.1, -0.05) is 13.8 Å². The van der Waals surface area contributed by atoms with E-state index in [0.29, 0.717) is 29.9 Å². The average molecular weight is 293 g/mol. The van der Waals surface area contributed by atoms with E-state index in [4.69, 9.17) is 5.73 Å². The number of carbonyl (C=O) groups excluding carboxylic acids is 1. The molecule has 1 saturated heterocycles. The number of aromatic amines is 1. The molecule has 1 atom stereocenters. The van der Waals surface area contributed by atoms with Gasteiger partial charge in [-0.25, -0.2) is 0 Å². The number of rotatable bonds is 5. The number of likely N-dealkylation sites (tertiary alicyclic amines) is 1. The molecule has 0 radical (unpaired) electrons. The highest BCUT2D eigenvalue weighted by Gasteiger charge is 2.25. The van der Waals surface area contributed by atoms with Crippen molar-refractivity contribution in [3.8, 4) is 0 Å².